The standard InChI is InChI=1S/C38H64N6O7/c1-8-10-11-12-13-32-28(21-27-16-14-25(5)15-17-27)38(50)44(7)31(20-24(3)4)36(48)43-33(26(6)9-2)37(49)41-29(22-39)35(47)42-30(23-45)34(46)40-18-19-51-32/h14-17,24,26,28-33,45H,8-13,18-23,39H2,1-7H3,(H,40,46)(H,41,49)(H,42,47)(H,43,48)/t26?,28-,29+,30+,31+,32-,33+/m1/s1. The molecule has 7 atom stereocenters. The molecule has 1 saturated heterocycles. The van der Waals surface area contributed by atoms with Crippen LogP contribution in [-0.2, 0) is 35.1 Å². The number of carbonyl (C=O) groups excluding carboxylic acids is 5. The molecule has 1 aliphatic rings. The Morgan fingerprint density at radius 3 is 2.16 bits per heavy atom. The molecule has 1 aromatic carbocycles. The summed E-state index contributed by atoms with van der Waals surface area (Å²) in [7, 11) is 1.64. The molecule has 0 spiro atoms. The van der Waals surface area contributed by atoms with E-state index in [0.29, 0.717) is 25.7 Å². The maximum Gasteiger partial charge on any atom is 0.245 e. The molecule has 1 fully saturated rings. The maximum absolute atomic E-state index is 14.7. The molecular formula is C38H64N6O7. The van der Waals surface area contributed by atoms with Crippen LogP contribution in [-0.4, -0.2) is 103 Å². The van der Waals surface area contributed by atoms with Crippen molar-refractivity contribution in [3.8, 4) is 0 Å². The summed E-state index contributed by atoms with van der Waals surface area (Å²) in [6, 6.07) is 3.52. The third-order valence-electron chi connectivity index (χ3n) is 9.71. The molecular weight excluding hydrogens is 652 g/mol. The lowest BCUT2D eigenvalue weighted by Crippen LogP contribution is -2.61. The van der Waals surface area contributed by atoms with Gasteiger partial charge in [0.1, 0.15) is 24.2 Å². The van der Waals surface area contributed by atoms with E-state index in [9.17, 15) is 29.1 Å². The quantitative estimate of drug-likeness (QED) is 0.167. The van der Waals surface area contributed by atoms with E-state index >= 15 is 0 Å². The summed E-state index contributed by atoms with van der Waals surface area (Å²) in [4.78, 5) is 70.2. The van der Waals surface area contributed by atoms with Crippen molar-refractivity contribution in [3.05, 3.63) is 35.4 Å². The average Bonchev–Trinajstić information content (AvgIpc) is 3.11. The highest BCUT2D eigenvalue weighted by atomic mass is 16.5. The minimum absolute atomic E-state index is 0.0403. The van der Waals surface area contributed by atoms with Crippen LogP contribution >= 0.6 is 0 Å². The molecule has 288 valence electrons. The molecule has 7 N–H and O–H groups in total. The number of likely N-dealkylation sites (N-methyl/N-ethyl adjacent to an activating group) is 1. The highest BCUT2D eigenvalue weighted by Gasteiger charge is 2.39. The number of hydrogen-bond donors (Lipinski definition) is 6. The van der Waals surface area contributed by atoms with Gasteiger partial charge in [-0.15, -0.1) is 0 Å². The van der Waals surface area contributed by atoms with Gasteiger partial charge in [0.05, 0.1) is 25.2 Å². The molecule has 0 aromatic heterocycles. The van der Waals surface area contributed by atoms with E-state index in [1.54, 1.807) is 7.05 Å². The zero-order valence-electron chi connectivity index (χ0n) is 31.8. The molecule has 0 saturated carbocycles. The number of hydrogen-bond acceptors (Lipinski definition) is 8. The molecule has 51 heavy (non-hydrogen) atoms. The maximum atomic E-state index is 14.7. The van der Waals surface area contributed by atoms with E-state index in [4.69, 9.17) is 10.5 Å². The summed E-state index contributed by atoms with van der Waals surface area (Å²) in [6.07, 6.45) is 5.20. The molecule has 5 amide bonds. The third-order valence-corrected chi connectivity index (χ3v) is 9.71. The van der Waals surface area contributed by atoms with Crippen molar-refractivity contribution in [1.29, 1.82) is 0 Å². The van der Waals surface area contributed by atoms with E-state index in [2.05, 4.69) is 28.2 Å². The lowest BCUT2D eigenvalue weighted by atomic mass is 9.88. The fourth-order valence-electron chi connectivity index (χ4n) is 6.25. The first kappa shape index (κ1) is 43.6. The van der Waals surface area contributed by atoms with E-state index in [0.717, 1.165) is 36.8 Å². The molecule has 13 heteroatoms. The van der Waals surface area contributed by atoms with Gasteiger partial charge in [-0.05, 0) is 43.6 Å². The second kappa shape index (κ2) is 22.4. The van der Waals surface area contributed by atoms with Crippen molar-refractivity contribution >= 4 is 29.5 Å². The van der Waals surface area contributed by atoms with Crippen molar-refractivity contribution in [3.63, 3.8) is 0 Å². The van der Waals surface area contributed by atoms with Gasteiger partial charge < -0.3 is 41.7 Å². The molecule has 1 aromatic rings. The fraction of sp³-hybridized carbons (Fsp3) is 0.711. The van der Waals surface area contributed by atoms with Crippen LogP contribution in [0, 0.1) is 24.7 Å². The largest absolute Gasteiger partial charge is 0.394 e. The Morgan fingerprint density at radius 2 is 1.57 bits per heavy atom. The Balaban J connectivity index is 2.65. The number of carbonyl (C=O) groups is 5. The van der Waals surface area contributed by atoms with Crippen molar-refractivity contribution in [2.24, 2.45) is 23.5 Å². The minimum atomic E-state index is -1.30. The van der Waals surface area contributed by atoms with Gasteiger partial charge in [-0.1, -0.05) is 96.6 Å². The number of rotatable bonds is 13. The van der Waals surface area contributed by atoms with Crippen molar-refractivity contribution < 1.29 is 33.8 Å². The van der Waals surface area contributed by atoms with Crippen molar-refractivity contribution in [2.45, 2.75) is 123 Å². The number of amides is 5. The van der Waals surface area contributed by atoms with Crippen LogP contribution in [0.2, 0.25) is 0 Å². The van der Waals surface area contributed by atoms with Crippen LogP contribution in [0.5, 0.6) is 0 Å². The molecule has 2 rings (SSSR count). The summed E-state index contributed by atoms with van der Waals surface area (Å²) in [5.41, 5.74) is 7.91. The molecule has 13 nitrogen and oxygen atoms in total. The van der Waals surface area contributed by atoms with Crippen molar-refractivity contribution in [1.82, 2.24) is 26.2 Å². The van der Waals surface area contributed by atoms with Crippen LogP contribution in [0.1, 0.15) is 90.7 Å². The Labute approximate surface area is 304 Å². The summed E-state index contributed by atoms with van der Waals surface area (Å²) < 4.78 is 6.42. The van der Waals surface area contributed by atoms with Gasteiger partial charge >= 0.3 is 0 Å². The van der Waals surface area contributed by atoms with Crippen LogP contribution in [0.4, 0.5) is 0 Å². The Morgan fingerprint density at radius 1 is 0.902 bits per heavy atom. The monoisotopic (exact) mass is 716 g/mol. The number of unbranched alkanes of at least 4 members (excludes halogenated alkanes) is 3. The van der Waals surface area contributed by atoms with E-state index in [1.165, 1.54) is 4.90 Å². The number of aryl methyl sites for hydroxylation is 1. The van der Waals surface area contributed by atoms with Gasteiger partial charge in [-0.2, -0.15) is 0 Å². The van der Waals surface area contributed by atoms with Gasteiger partial charge in [0.2, 0.25) is 29.5 Å². The number of nitrogens with zero attached hydrogens (tertiary/aromatic N) is 1. The van der Waals surface area contributed by atoms with Crippen LogP contribution in [0.3, 0.4) is 0 Å². The second-order valence-corrected chi connectivity index (χ2v) is 14.4. The number of benzene rings is 1. The van der Waals surface area contributed by atoms with Gasteiger partial charge in [0.25, 0.3) is 0 Å². The molecule has 1 aliphatic heterocycles. The zero-order chi connectivity index (χ0) is 38.1. The zero-order valence-corrected chi connectivity index (χ0v) is 31.8. The summed E-state index contributed by atoms with van der Waals surface area (Å²) in [6.45, 7) is 10.9. The van der Waals surface area contributed by atoms with Crippen LogP contribution in [0.25, 0.3) is 0 Å². The second-order valence-electron chi connectivity index (χ2n) is 14.4. The molecule has 0 radical (unpaired) electrons. The number of aliphatic hydroxyl groups excluding tert-OH is 1. The topological polar surface area (TPSA) is 192 Å². The molecule has 0 aliphatic carbocycles. The van der Waals surface area contributed by atoms with Gasteiger partial charge in [0.15, 0.2) is 0 Å². The first-order valence-corrected chi connectivity index (χ1v) is 18.7. The van der Waals surface area contributed by atoms with E-state index in [-0.39, 0.29) is 37.4 Å². The predicted octanol–water partition coefficient (Wildman–Crippen LogP) is 1.96. The fourth-order valence-corrected chi connectivity index (χ4v) is 6.25. The highest BCUT2D eigenvalue weighted by molar-refractivity contribution is 5.96. The number of nitrogens with two attached hydrogens (primary N) is 1. The lowest BCUT2D eigenvalue weighted by molar-refractivity contribution is -0.148. The first-order valence-electron chi connectivity index (χ1n) is 18.7. The van der Waals surface area contributed by atoms with Crippen molar-refractivity contribution in [2.75, 3.05) is 33.4 Å². The average molecular weight is 717 g/mol. The number of ether oxygens (including phenoxy) is 1. The summed E-state index contributed by atoms with van der Waals surface area (Å²) >= 11 is 0. The van der Waals surface area contributed by atoms with E-state index in [1.807, 2.05) is 58.9 Å². The van der Waals surface area contributed by atoms with Crippen LogP contribution in [0.15, 0.2) is 24.3 Å². The third kappa shape index (κ3) is 13.8. The molecule has 1 heterocycles. The smallest absolute Gasteiger partial charge is 0.245 e. The Kier molecular flexibility index (Phi) is 19.2. The molecule has 1 unspecified atom stereocenters. The van der Waals surface area contributed by atoms with E-state index < -0.39 is 66.4 Å². The summed E-state index contributed by atoms with van der Waals surface area (Å²) in [5, 5.41) is 20.7. The predicted molar refractivity (Wildman–Crippen MR) is 197 cm³/mol. The van der Waals surface area contributed by atoms with Gasteiger partial charge in [0, 0.05) is 20.1 Å². The SMILES string of the molecule is CCCCCC[C@H]1OCCNC(=O)[C@H](CO)NC(=O)[C@H](CN)NC(=O)[C@H](C(C)CC)NC(=O)[C@H](CC(C)C)N(C)C(=O)[C@@H]1Cc1ccc(C)cc1. The molecule has 0 bridgehead atoms. The Bertz CT molecular complexity index is 1260. The van der Waals surface area contributed by atoms with Crippen LogP contribution < -0.4 is 27.0 Å². The lowest BCUT2D eigenvalue weighted by Gasteiger charge is -2.36. The number of nitrogens with one attached hydrogen (secondary N) is 4. The summed E-state index contributed by atoms with van der Waals surface area (Å²) in [5.74, 6) is -3.68. The Hall–Kier alpha value is -3.55. The first-order chi connectivity index (χ1) is 24.3. The van der Waals surface area contributed by atoms with Gasteiger partial charge in [-0.25, -0.2) is 0 Å². The highest BCUT2D eigenvalue weighted by Crippen LogP contribution is 2.25. The number of aliphatic hydroxyl groups is 1. The minimum Gasteiger partial charge on any atom is -0.394 e. The van der Waals surface area contributed by atoms with Gasteiger partial charge in [-0.3, -0.25) is 24.0 Å². The normalized spacial score (nSPS) is 25.6.